The number of carbonyl (C=O) groups excluding carboxylic acids is 3. The fraction of sp³-hybridized carbons (Fsp3) is 0.448. The number of unbranched alkanes of at least 4 members (excludes halogenated alkanes) is 1. The lowest BCUT2D eigenvalue weighted by atomic mass is 10.0. The predicted octanol–water partition coefficient (Wildman–Crippen LogP) is 1.12. The number of carboxylic acids is 1. The number of amides is 3. The molecule has 0 aliphatic rings. The van der Waals surface area contributed by atoms with Crippen LogP contribution in [0, 0.1) is 5.92 Å². The highest BCUT2D eigenvalue weighted by Crippen LogP contribution is 2.09. The summed E-state index contributed by atoms with van der Waals surface area (Å²) in [5, 5.41) is 17.8. The number of aliphatic carboxylic acids is 1. The molecule has 2 rings (SSSR count). The molecular weight excluding hydrogens is 498 g/mol. The van der Waals surface area contributed by atoms with Crippen LogP contribution >= 0.6 is 0 Å². The van der Waals surface area contributed by atoms with Gasteiger partial charge in [-0.15, -0.1) is 0 Å². The minimum absolute atomic E-state index is 0.0885. The van der Waals surface area contributed by atoms with Crippen molar-refractivity contribution < 1.29 is 24.3 Å². The molecule has 2 aromatic rings. The molecule has 0 heterocycles. The predicted molar refractivity (Wildman–Crippen MR) is 149 cm³/mol. The number of hydrogen-bond acceptors (Lipinski definition) is 6. The minimum atomic E-state index is -1.18. The van der Waals surface area contributed by atoms with Gasteiger partial charge in [0, 0.05) is 12.8 Å². The lowest BCUT2D eigenvalue weighted by Crippen LogP contribution is -2.58. The maximum Gasteiger partial charge on any atom is 0.326 e. The molecule has 2 aromatic carbocycles. The number of nitrogens with two attached hydrogens (primary N) is 2. The van der Waals surface area contributed by atoms with Gasteiger partial charge >= 0.3 is 5.97 Å². The Morgan fingerprint density at radius 2 is 1.18 bits per heavy atom. The molecule has 0 fully saturated rings. The Bertz CT molecular complexity index is 1060. The highest BCUT2D eigenvalue weighted by molar-refractivity contribution is 5.94. The Balaban J connectivity index is 2.22. The Morgan fingerprint density at radius 1 is 0.718 bits per heavy atom. The Labute approximate surface area is 229 Å². The normalized spacial score (nSPS) is 14.1. The van der Waals surface area contributed by atoms with Crippen LogP contribution in [0.15, 0.2) is 60.7 Å². The molecule has 4 atom stereocenters. The van der Waals surface area contributed by atoms with Crippen molar-refractivity contribution in [2.45, 2.75) is 70.1 Å². The average molecular weight is 540 g/mol. The van der Waals surface area contributed by atoms with Gasteiger partial charge < -0.3 is 32.5 Å². The smallest absolute Gasteiger partial charge is 0.326 e. The second-order valence-electron chi connectivity index (χ2n) is 9.96. The zero-order chi connectivity index (χ0) is 28.8. The van der Waals surface area contributed by atoms with Crippen LogP contribution in [-0.2, 0) is 32.0 Å². The van der Waals surface area contributed by atoms with Crippen molar-refractivity contribution in [3.05, 3.63) is 71.8 Å². The van der Waals surface area contributed by atoms with Gasteiger partial charge in [0.2, 0.25) is 17.7 Å². The van der Waals surface area contributed by atoms with E-state index in [0.29, 0.717) is 19.4 Å². The number of rotatable bonds is 16. The van der Waals surface area contributed by atoms with Gasteiger partial charge in [0.05, 0.1) is 6.04 Å². The average Bonchev–Trinajstić information content (AvgIpc) is 2.92. The highest BCUT2D eigenvalue weighted by Gasteiger charge is 2.30. The van der Waals surface area contributed by atoms with Crippen LogP contribution in [0.25, 0.3) is 0 Å². The van der Waals surface area contributed by atoms with Crippen molar-refractivity contribution >= 4 is 23.7 Å². The zero-order valence-electron chi connectivity index (χ0n) is 22.6. The van der Waals surface area contributed by atoms with E-state index < -0.39 is 47.9 Å². The fourth-order valence-corrected chi connectivity index (χ4v) is 3.99. The standard InChI is InChI=1S/C29H41N5O5/c1-19(2)25(31)28(37)33-23(17-20-11-5-3-6-12-20)27(36)32-22(15-9-10-16-30)26(35)34-24(29(38)39)18-21-13-7-4-8-14-21/h3-8,11-14,19,22-25H,9-10,15-18,30-31H2,1-2H3,(H,32,36)(H,33,37)(H,34,35)(H,38,39). The van der Waals surface area contributed by atoms with Crippen LogP contribution in [0.4, 0.5) is 0 Å². The molecule has 4 unspecified atom stereocenters. The van der Waals surface area contributed by atoms with Gasteiger partial charge in [-0.2, -0.15) is 0 Å². The summed E-state index contributed by atoms with van der Waals surface area (Å²) >= 11 is 0. The Kier molecular flexibility index (Phi) is 13.1. The van der Waals surface area contributed by atoms with E-state index in [-0.39, 0.29) is 25.2 Å². The summed E-state index contributed by atoms with van der Waals surface area (Å²) < 4.78 is 0. The van der Waals surface area contributed by atoms with Gasteiger partial charge in [-0.05, 0) is 42.9 Å². The largest absolute Gasteiger partial charge is 0.480 e. The van der Waals surface area contributed by atoms with Crippen molar-refractivity contribution in [1.29, 1.82) is 0 Å². The van der Waals surface area contributed by atoms with E-state index >= 15 is 0 Å². The molecule has 212 valence electrons. The molecule has 10 nitrogen and oxygen atoms in total. The van der Waals surface area contributed by atoms with Crippen LogP contribution in [-0.4, -0.2) is 59.5 Å². The first-order valence-electron chi connectivity index (χ1n) is 13.3. The Hall–Kier alpha value is -3.76. The first-order valence-corrected chi connectivity index (χ1v) is 13.3. The van der Waals surface area contributed by atoms with Gasteiger partial charge in [0.15, 0.2) is 0 Å². The molecule has 3 amide bonds. The van der Waals surface area contributed by atoms with E-state index in [2.05, 4.69) is 16.0 Å². The van der Waals surface area contributed by atoms with E-state index in [9.17, 15) is 24.3 Å². The third kappa shape index (κ3) is 10.9. The molecule has 0 aromatic heterocycles. The second kappa shape index (κ2) is 16.3. The number of hydrogen-bond donors (Lipinski definition) is 6. The summed E-state index contributed by atoms with van der Waals surface area (Å²) in [6.07, 6.45) is 1.69. The second-order valence-corrected chi connectivity index (χ2v) is 9.96. The molecule has 0 saturated carbocycles. The van der Waals surface area contributed by atoms with Crippen LogP contribution in [0.5, 0.6) is 0 Å². The molecule has 0 spiro atoms. The van der Waals surface area contributed by atoms with Crippen molar-refractivity contribution in [3.8, 4) is 0 Å². The fourth-order valence-electron chi connectivity index (χ4n) is 3.99. The lowest BCUT2D eigenvalue weighted by molar-refractivity contribution is -0.142. The molecule has 0 saturated heterocycles. The van der Waals surface area contributed by atoms with Crippen molar-refractivity contribution in [1.82, 2.24) is 16.0 Å². The van der Waals surface area contributed by atoms with Crippen LogP contribution in [0.2, 0.25) is 0 Å². The van der Waals surface area contributed by atoms with Crippen LogP contribution in [0.1, 0.15) is 44.2 Å². The summed E-state index contributed by atoms with van der Waals surface area (Å²) in [5.41, 5.74) is 13.2. The van der Waals surface area contributed by atoms with Gasteiger partial charge in [0.1, 0.15) is 18.1 Å². The van der Waals surface area contributed by atoms with Crippen LogP contribution in [0.3, 0.4) is 0 Å². The molecule has 0 aliphatic carbocycles. The topological polar surface area (TPSA) is 177 Å². The minimum Gasteiger partial charge on any atom is -0.480 e. The van der Waals surface area contributed by atoms with Crippen molar-refractivity contribution in [2.75, 3.05) is 6.54 Å². The molecule has 10 heteroatoms. The quantitative estimate of drug-likeness (QED) is 0.173. The van der Waals surface area contributed by atoms with Crippen LogP contribution < -0.4 is 27.4 Å². The molecule has 39 heavy (non-hydrogen) atoms. The highest BCUT2D eigenvalue weighted by atomic mass is 16.4. The Morgan fingerprint density at radius 3 is 1.67 bits per heavy atom. The third-order valence-corrected chi connectivity index (χ3v) is 6.41. The van der Waals surface area contributed by atoms with E-state index in [4.69, 9.17) is 11.5 Å². The van der Waals surface area contributed by atoms with E-state index in [1.807, 2.05) is 50.2 Å². The first kappa shape index (κ1) is 31.5. The van der Waals surface area contributed by atoms with Crippen molar-refractivity contribution in [3.63, 3.8) is 0 Å². The zero-order valence-corrected chi connectivity index (χ0v) is 22.6. The third-order valence-electron chi connectivity index (χ3n) is 6.41. The number of carbonyl (C=O) groups is 4. The van der Waals surface area contributed by atoms with Crippen molar-refractivity contribution in [2.24, 2.45) is 17.4 Å². The molecule has 8 N–H and O–H groups in total. The maximum atomic E-state index is 13.4. The summed E-state index contributed by atoms with van der Waals surface area (Å²) in [5.74, 6) is -2.98. The molecule has 0 radical (unpaired) electrons. The molecule has 0 aliphatic heterocycles. The lowest BCUT2D eigenvalue weighted by Gasteiger charge is -2.26. The van der Waals surface area contributed by atoms with E-state index in [0.717, 1.165) is 11.1 Å². The number of nitrogens with one attached hydrogen (secondary N) is 3. The molecular formula is C29H41N5O5. The van der Waals surface area contributed by atoms with Gasteiger partial charge in [0.25, 0.3) is 0 Å². The summed E-state index contributed by atoms with van der Waals surface area (Å²) in [7, 11) is 0. The summed E-state index contributed by atoms with van der Waals surface area (Å²) in [4.78, 5) is 51.4. The summed E-state index contributed by atoms with van der Waals surface area (Å²) in [6, 6.07) is 14.1. The number of carboxylic acid groups (broad SMARTS) is 1. The summed E-state index contributed by atoms with van der Waals surface area (Å²) in [6.45, 7) is 4.03. The van der Waals surface area contributed by atoms with E-state index in [1.165, 1.54) is 0 Å². The monoisotopic (exact) mass is 539 g/mol. The van der Waals surface area contributed by atoms with Gasteiger partial charge in [-0.1, -0.05) is 74.5 Å². The molecule has 0 bridgehead atoms. The first-order chi connectivity index (χ1) is 18.6. The number of benzene rings is 2. The van der Waals surface area contributed by atoms with Gasteiger partial charge in [-0.25, -0.2) is 4.79 Å². The van der Waals surface area contributed by atoms with Gasteiger partial charge in [-0.3, -0.25) is 14.4 Å². The SMILES string of the molecule is CC(C)C(N)C(=O)NC(Cc1ccccc1)C(=O)NC(CCCCN)C(=O)NC(Cc1ccccc1)C(=O)O. The maximum absolute atomic E-state index is 13.4. The van der Waals surface area contributed by atoms with E-state index in [1.54, 1.807) is 24.3 Å².